The topological polar surface area (TPSA) is 83.4 Å². The highest BCUT2D eigenvalue weighted by Gasteiger charge is 2.13. The predicted molar refractivity (Wildman–Crippen MR) is 114 cm³/mol. The van der Waals surface area contributed by atoms with Gasteiger partial charge in [-0.15, -0.1) is 0 Å². The number of rotatable bonds is 6. The van der Waals surface area contributed by atoms with Crippen molar-refractivity contribution >= 4 is 63.1 Å². The third-order valence-electron chi connectivity index (χ3n) is 3.52. The smallest absolute Gasteiger partial charge is 0.291 e. The second-order valence-corrected chi connectivity index (χ2v) is 7.22. The number of furan rings is 1. The number of anilines is 3. The second kappa shape index (κ2) is 8.92. The monoisotopic (exact) mass is 495 g/mol. The molecule has 0 unspecified atom stereocenters. The first kappa shape index (κ1) is 19.2. The fraction of sp³-hybridized carbons (Fsp3) is 0.0526. The van der Waals surface area contributed by atoms with E-state index in [0.29, 0.717) is 16.4 Å². The lowest BCUT2D eigenvalue weighted by molar-refractivity contribution is -0.114. The molecule has 6 nitrogen and oxygen atoms in total. The van der Waals surface area contributed by atoms with Crippen molar-refractivity contribution in [1.29, 1.82) is 0 Å². The third kappa shape index (κ3) is 5.48. The van der Waals surface area contributed by atoms with Crippen molar-refractivity contribution in [2.24, 2.45) is 0 Å². The van der Waals surface area contributed by atoms with E-state index in [2.05, 4.69) is 38.5 Å². The molecule has 0 fully saturated rings. The first-order valence-electron chi connectivity index (χ1n) is 7.95. The molecular weight excluding hydrogens is 481 g/mol. The molecule has 0 radical (unpaired) electrons. The Kier molecular flexibility index (Phi) is 6.36. The summed E-state index contributed by atoms with van der Waals surface area (Å²) in [7, 11) is 0. The number of hydrogen-bond acceptors (Lipinski definition) is 4. The Balaban J connectivity index is 1.65. The van der Waals surface area contributed by atoms with Crippen LogP contribution in [0.5, 0.6) is 0 Å². The van der Waals surface area contributed by atoms with Crippen LogP contribution in [-0.4, -0.2) is 18.4 Å². The lowest BCUT2D eigenvalue weighted by Crippen LogP contribution is -2.22. The molecule has 0 saturated carbocycles. The zero-order valence-electron chi connectivity index (χ0n) is 14.0. The Morgan fingerprint density at radius 3 is 2.59 bits per heavy atom. The number of hydrogen-bond donors (Lipinski definition) is 3. The fourth-order valence-corrected chi connectivity index (χ4v) is 3.03. The molecule has 0 spiro atoms. The van der Waals surface area contributed by atoms with E-state index >= 15 is 0 Å². The Hall–Kier alpha value is -2.52. The first-order valence-corrected chi connectivity index (χ1v) is 9.40. The minimum absolute atomic E-state index is 0.0245. The highest BCUT2D eigenvalue weighted by Crippen LogP contribution is 2.26. The van der Waals surface area contributed by atoms with Gasteiger partial charge in [-0.25, -0.2) is 0 Å². The van der Waals surface area contributed by atoms with Crippen LogP contribution in [0.3, 0.4) is 0 Å². The molecule has 0 atom stereocenters. The number of amides is 2. The van der Waals surface area contributed by atoms with Crippen molar-refractivity contribution in [3.8, 4) is 0 Å². The summed E-state index contributed by atoms with van der Waals surface area (Å²) in [6.45, 7) is 0.0245. The summed E-state index contributed by atoms with van der Waals surface area (Å²) < 4.78 is 6.11. The van der Waals surface area contributed by atoms with E-state index in [1.54, 1.807) is 30.3 Å². The average Bonchev–Trinajstić information content (AvgIpc) is 3.16. The van der Waals surface area contributed by atoms with Gasteiger partial charge in [0, 0.05) is 14.3 Å². The predicted octanol–water partition coefficient (Wildman–Crippen LogP) is 4.84. The van der Waals surface area contributed by atoms with Crippen molar-refractivity contribution < 1.29 is 14.0 Å². The van der Waals surface area contributed by atoms with Crippen molar-refractivity contribution in [3.05, 3.63) is 75.2 Å². The van der Waals surface area contributed by atoms with Gasteiger partial charge in [0.25, 0.3) is 5.91 Å². The maximum Gasteiger partial charge on any atom is 0.291 e. The van der Waals surface area contributed by atoms with Crippen LogP contribution in [-0.2, 0) is 4.79 Å². The van der Waals surface area contributed by atoms with E-state index < -0.39 is 5.91 Å². The Morgan fingerprint density at radius 2 is 1.85 bits per heavy atom. The molecule has 1 heterocycles. The first-order chi connectivity index (χ1) is 13.0. The van der Waals surface area contributed by atoms with Crippen molar-refractivity contribution in [2.75, 3.05) is 22.5 Å². The summed E-state index contributed by atoms with van der Waals surface area (Å²) in [5, 5.41) is 9.00. The van der Waals surface area contributed by atoms with Gasteiger partial charge >= 0.3 is 0 Å². The van der Waals surface area contributed by atoms with Crippen LogP contribution >= 0.6 is 34.2 Å². The molecule has 2 amide bonds. The van der Waals surface area contributed by atoms with Crippen LogP contribution in [0.1, 0.15) is 10.6 Å². The van der Waals surface area contributed by atoms with E-state index in [0.717, 1.165) is 9.26 Å². The Bertz CT molecular complexity index is 961. The summed E-state index contributed by atoms with van der Waals surface area (Å²) >= 11 is 8.21. The van der Waals surface area contributed by atoms with Crippen LogP contribution in [0.15, 0.2) is 65.3 Å². The zero-order chi connectivity index (χ0) is 19.2. The summed E-state index contributed by atoms with van der Waals surface area (Å²) in [6, 6.07) is 15.6. The second-order valence-electron chi connectivity index (χ2n) is 5.53. The van der Waals surface area contributed by atoms with Crippen molar-refractivity contribution in [1.82, 2.24) is 0 Å². The minimum Gasteiger partial charge on any atom is -0.459 e. The molecule has 0 aliphatic heterocycles. The van der Waals surface area contributed by atoms with Gasteiger partial charge in [-0.05, 0) is 71.1 Å². The maximum absolute atomic E-state index is 12.2. The molecular formula is C19H15ClIN3O3. The molecule has 1 aromatic heterocycles. The third-order valence-corrected chi connectivity index (χ3v) is 4.43. The van der Waals surface area contributed by atoms with Gasteiger partial charge in [0.1, 0.15) is 0 Å². The van der Waals surface area contributed by atoms with Crippen molar-refractivity contribution in [3.63, 3.8) is 0 Å². The molecule has 0 aliphatic carbocycles. The molecule has 3 rings (SSSR count). The van der Waals surface area contributed by atoms with Crippen LogP contribution < -0.4 is 16.0 Å². The minimum atomic E-state index is -0.409. The summed E-state index contributed by atoms with van der Waals surface area (Å²) in [5.41, 5.74) is 1.74. The normalized spacial score (nSPS) is 10.3. The zero-order valence-corrected chi connectivity index (χ0v) is 16.9. The fourth-order valence-electron chi connectivity index (χ4n) is 2.31. The van der Waals surface area contributed by atoms with Crippen molar-refractivity contribution in [2.45, 2.75) is 0 Å². The van der Waals surface area contributed by atoms with Gasteiger partial charge < -0.3 is 20.4 Å². The van der Waals surface area contributed by atoms with Gasteiger partial charge in [0.15, 0.2) is 5.76 Å². The highest BCUT2D eigenvalue weighted by atomic mass is 127. The molecule has 0 saturated heterocycles. The van der Waals surface area contributed by atoms with Crippen LogP contribution in [0.4, 0.5) is 17.1 Å². The lowest BCUT2D eigenvalue weighted by atomic mass is 10.2. The van der Waals surface area contributed by atoms with E-state index in [1.807, 2.05) is 24.3 Å². The Labute approximate surface area is 174 Å². The number of halogens is 2. The lowest BCUT2D eigenvalue weighted by Gasteiger charge is -2.13. The average molecular weight is 496 g/mol. The molecule has 138 valence electrons. The molecule has 0 aliphatic rings. The number of benzene rings is 2. The van der Waals surface area contributed by atoms with Gasteiger partial charge in [0.2, 0.25) is 5.91 Å². The molecule has 8 heteroatoms. The van der Waals surface area contributed by atoms with Gasteiger partial charge in [0.05, 0.1) is 24.2 Å². The number of carbonyl (C=O) groups excluding carboxylic acids is 2. The summed E-state index contributed by atoms with van der Waals surface area (Å²) in [6.07, 6.45) is 1.42. The standard InChI is InChI=1S/C19H15ClIN3O3/c20-12-6-7-15(16(9-12)24-19(26)17-5-2-8-27-17)22-11-18(25)23-14-4-1-3-13(21)10-14/h1-10,22H,11H2,(H,23,25)(H,24,26). The van der Waals surface area contributed by atoms with Crippen LogP contribution in [0.2, 0.25) is 5.02 Å². The highest BCUT2D eigenvalue weighted by molar-refractivity contribution is 14.1. The summed E-state index contributed by atoms with van der Waals surface area (Å²) in [5.74, 6) is -0.443. The summed E-state index contributed by atoms with van der Waals surface area (Å²) in [4.78, 5) is 24.4. The number of nitrogens with one attached hydrogen (secondary N) is 3. The number of carbonyl (C=O) groups is 2. The largest absolute Gasteiger partial charge is 0.459 e. The van der Waals surface area contributed by atoms with E-state index in [-0.39, 0.29) is 18.2 Å². The molecule has 2 aromatic carbocycles. The van der Waals surface area contributed by atoms with Crippen LogP contribution in [0, 0.1) is 3.57 Å². The van der Waals surface area contributed by atoms with E-state index in [4.69, 9.17) is 16.0 Å². The van der Waals surface area contributed by atoms with Gasteiger partial charge in [-0.2, -0.15) is 0 Å². The quantitative estimate of drug-likeness (QED) is 0.427. The molecule has 0 bridgehead atoms. The Morgan fingerprint density at radius 1 is 1.00 bits per heavy atom. The maximum atomic E-state index is 12.2. The van der Waals surface area contributed by atoms with Gasteiger partial charge in [-0.3, -0.25) is 9.59 Å². The van der Waals surface area contributed by atoms with Gasteiger partial charge in [-0.1, -0.05) is 17.7 Å². The van der Waals surface area contributed by atoms with Crippen LogP contribution in [0.25, 0.3) is 0 Å². The van der Waals surface area contributed by atoms with E-state index in [9.17, 15) is 9.59 Å². The van der Waals surface area contributed by atoms with E-state index in [1.165, 1.54) is 6.26 Å². The SMILES string of the molecule is O=C(CNc1ccc(Cl)cc1NC(=O)c1ccco1)Nc1cccc(I)c1. The molecule has 27 heavy (non-hydrogen) atoms. The molecule has 3 N–H and O–H groups in total. The molecule has 3 aromatic rings.